The van der Waals surface area contributed by atoms with Crippen LogP contribution in [0.25, 0.3) is 0 Å². The molecule has 1 aromatic heterocycles. The maximum Gasteiger partial charge on any atom is 0.226 e. The van der Waals surface area contributed by atoms with Gasteiger partial charge in [-0.15, -0.1) is 10.2 Å². The van der Waals surface area contributed by atoms with Gasteiger partial charge >= 0.3 is 0 Å². The third-order valence-corrected chi connectivity index (χ3v) is 5.13. The van der Waals surface area contributed by atoms with Crippen molar-refractivity contribution >= 4 is 45.6 Å². The normalized spacial score (nSPS) is 12.0. The van der Waals surface area contributed by atoms with E-state index in [1.165, 1.54) is 11.3 Å². The van der Waals surface area contributed by atoms with Crippen LogP contribution in [0.4, 0.5) is 5.13 Å². The maximum absolute atomic E-state index is 12.0. The number of nitrogens with one attached hydrogen (secondary N) is 1. The fourth-order valence-electron chi connectivity index (χ4n) is 2.23. The Labute approximate surface area is 161 Å². The number of aromatic nitrogens is 2. The van der Waals surface area contributed by atoms with Crippen molar-refractivity contribution in [3.8, 4) is 5.75 Å². The van der Waals surface area contributed by atoms with Crippen LogP contribution in [0.1, 0.15) is 50.5 Å². The summed E-state index contributed by atoms with van der Waals surface area (Å²) in [4.78, 5) is 12.0. The highest BCUT2D eigenvalue weighted by Gasteiger charge is 2.13. The van der Waals surface area contributed by atoms with E-state index < -0.39 is 0 Å². The summed E-state index contributed by atoms with van der Waals surface area (Å²) in [5, 5.41) is 13.5. The molecule has 2 aromatic rings. The van der Waals surface area contributed by atoms with Crippen LogP contribution < -0.4 is 10.1 Å². The minimum atomic E-state index is -0.100. The summed E-state index contributed by atoms with van der Waals surface area (Å²) in [5.41, 5.74) is 0. The highest BCUT2D eigenvalue weighted by atomic mass is 35.5. The molecule has 1 aromatic carbocycles. The van der Waals surface area contributed by atoms with E-state index in [0.717, 1.165) is 17.8 Å². The number of carbonyl (C=O) groups excluding carboxylic acids is 1. The van der Waals surface area contributed by atoms with E-state index in [1.54, 1.807) is 18.2 Å². The largest absolute Gasteiger partial charge is 0.492 e. The lowest BCUT2D eigenvalue weighted by Crippen LogP contribution is -2.12. The maximum atomic E-state index is 12.0. The molecule has 1 heterocycles. The van der Waals surface area contributed by atoms with Crippen LogP contribution in [0.15, 0.2) is 18.2 Å². The Balaban J connectivity index is 1.72. The van der Waals surface area contributed by atoms with Gasteiger partial charge in [-0.05, 0) is 31.0 Å². The van der Waals surface area contributed by atoms with Gasteiger partial charge in [0.2, 0.25) is 11.0 Å². The second kappa shape index (κ2) is 9.94. The molecule has 0 aliphatic rings. The number of rotatable bonds is 9. The Kier molecular flexibility index (Phi) is 7.93. The first-order valence-electron chi connectivity index (χ1n) is 8.20. The zero-order valence-electron chi connectivity index (χ0n) is 14.2. The van der Waals surface area contributed by atoms with Gasteiger partial charge in [0, 0.05) is 17.4 Å². The predicted molar refractivity (Wildman–Crippen MR) is 103 cm³/mol. The van der Waals surface area contributed by atoms with E-state index in [2.05, 4.69) is 29.4 Å². The molecule has 0 spiro atoms. The molecule has 8 heteroatoms. The fraction of sp³-hybridized carbons (Fsp3) is 0.471. The van der Waals surface area contributed by atoms with Gasteiger partial charge in [-0.3, -0.25) is 4.79 Å². The Morgan fingerprint density at radius 1 is 1.36 bits per heavy atom. The van der Waals surface area contributed by atoms with Gasteiger partial charge in [0.25, 0.3) is 0 Å². The molecule has 0 unspecified atom stereocenters. The molecule has 136 valence electrons. The van der Waals surface area contributed by atoms with Crippen LogP contribution in [0.5, 0.6) is 5.75 Å². The summed E-state index contributed by atoms with van der Waals surface area (Å²) in [7, 11) is 0. The first-order chi connectivity index (χ1) is 12.0. The third kappa shape index (κ3) is 6.45. The Morgan fingerprint density at radius 2 is 2.16 bits per heavy atom. The summed E-state index contributed by atoms with van der Waals surface area (Å²) in [6.07, 6.45) is 3.07. The van der Waals surface area contributed by atoms with E-state index in [4.69, 9.17) is 27.9 Å². The topological polar surface area (TPSA) is 64.1 Å². The second-order valence-corrected chi connectivity index (χ2v) is 7.56. The smallest absolute Gasteiger partial charge is 0.226 e. The van der Waals surface area contributed by atoms with Gasteiger partial charge in [0.15, 0.2) is 0 Å². The molecule has 5 nitrogen and oxygen atoms in total. The molecule has 0 aliphatic heterocycles. The van der Waals surface area contributed by atoms with Crippen LogP contribution in [0.3, 0.4) is 0 Å². The van der Waals surface area contributed by atoms with E-state index in [-0.39, 0.29) is 5.91 Å². The van der Waals surface area contributed by atoms with Crippen LogP contribution in [0, 0.1) is 0 Å². The summed E-state index contributed by atoms with van der Waals surface area (Å²) >= 11 is 13.3. The van der Waals surface area contributed by atoms with E-state index in [0.29, 0.717) is 46.3 Å². The number of hydrogen-bond acceptors (Lipinski definition) is 5. The first kappa shape index (κ1) is 19.9. The molecule has 1 atom stereocenters. The summed E-state index contributed by atoms with van der Waals surface area (Å²) in [6, 6.07) is 5.05. The lowest BCUT2D eigenvalue weighted by atomic mass is 10.1. The van der Waals surface area contributed by atoms with Crippen molar-refractivity contribution in [3.05, 3.63) is 33.3 Å². The number of carbonyl (C=O) groups is 1. The average molecular weight is 402 g/mol. The molecule has 0 radical (unpaired) electrons. The van der Waals surface area contributed by atoms with Gasteiger partial charge < -0.3 is 10.1 Å². The van der Waals surface area contributed by atoms with E-state index >= 15 is 0 Å². The minimum Gasteiger partial charge on any atom is -0.492 e. The van der Waals surface area contributed by atoms with Crippen molar-refractivity contribution < 1.29 is 9.53 Å². The number of ether oxygens (including phenoxy) is 1. The molecule has 2 rings (SSSR count). The van der Waals surface area contributed by atoms with Gasteiger partial charge in [-0.25, -0.2) is 0 Å². The minimum absolute atomic E-state index is 0.100. The Bertz CT molecular complexity index is 709. The highest BCUT2D eigenvalue weighted by molar-refractivity contribution is 7.15. The van der Waals surface area contributed by atoms with Crippen LogP contribution in [-0.4, -0.2) is 22.7 Å². The van der Waals surface area contributed by atoms with Crippen LogP contribution in [0.2, 0.25) is 10.0 Å². The highest BCUT2D eigenvalue weighted by Crippen LogP contribution is 2.28. The quantitative estimate of drug-likeness (QED) is 0.559. The van der Waals surface area contributed by atoms with Crippen molar-refractivity contribution in [2.24, 2.45) is 0 Å². The lowest BCUT2D eigenvalue weighted by Gasteiger charge is -2.08. The lowest BCUT2D eigenvalue weighted by molar-refractivity contribution is -0.116. The van der Waals surface area contributed by atoms with Crippen molar-refractivity contribution in [2.75, 3.05) is 11.9 Å². The average Bonchev–Trinajstić information content (AvgIpc) is 3.02. The molecule has 0 bridgehead atoms. The summed E-state index contributed by atoms with van der Waals surface area (Å²) in [5.74, 6) is 0.826. The van der Waals surface area contributed by atoms with E-state index in [9.17, 15) is 4.79 Å². The monoisotopic (exact) mass is 401 g/mol. The van der Waals surface area contributed by atoms with Crippen LogP contribution in [-0.2, 0) is 4.79 Å². The standard InChI is InChI=1S/C17H21Cl2N3O2S/c1-3-5-11(2)16-21-22-17(25-16)20-15(23)6-4-9-24-14-8-7-12(18)10-13(14)19/h7-8,10-11H,3-6,9H2,1-2H3,(H,20,22,23)/t11-/m0/s1. The third-order valence-electron chi connectivity index (χ3n) is 3.53. The van der Waals surface area contributed by atoms with Gasteiger partial charge in [-0.2, -0.15) is 0 Å². The zero-order valence-corrected chi connectivity index (χ0v) is 16.5. The number of hydrogen-bond donors (Lipinski definition) is 1. The second-order valence-electron chi connectivity index (χ2n) is 5.71. The summed E-state index contributed by atoms with van der Waals surface area (Å²) < 4.78 is 5.56. The SMILES string of the molecule is CCC[C@H](C)c1nnc(NC(=O)CCCOc2ccc(Cl)cc2Cl)s1. The molecule has 1 N–H and O–H groups in total. The molecule has 0 saturated carbocycles. The van der Waals surface area contributed by atoms with Crippen molar-refractivity contribution in [1.82, 2.24) is 10.2 Å². The molecule has 0 fully saturated rings. The number of amides is 1. The first-order valence-corrected chi connectivity index (χ1v) is 9.78. The van der Waals surface area contributed by atoms with Crippen molar-refractivity contribution in [2.45, 2.75) is 45.4 Å². The molecule has 0 aliphatic carbocycles. The summed E-state index contributed by atoms with van der Waals surface area (Å²) in [6.45, 7) is 4.65. The molecular formula is C17H21Cl2N3O2S. The molecular weight excluding hydrogens is 381 g/mol. The number of halogens is 2. The fourth-order valence-corrected chi connectivity index (χ4v) is 3.54. The molecule has 1 amide bonds. The van der Waals surface area contributed by atoms with Gasteiger partial charge in [0.1, 0.15) is 10.8 Å². The predicted octanol–water partition coefficient (Wildman–Crippen LogP) is 5.55. The number of nitrogens with zero attached hydrogens (tertiary/aromatic N) is 2. The molecule has 25 heavy (non-hydrogen) atoms. The number of benzene rings is 1. The van der Waals surface area contributed by atoms with E-state index in [1.807, 2.05) is 0 Å². The number of anilines is 1. The van der Waals surface area contributed by atoms with Crippen LogP contribution >= 0.6 is 34.5 Å². The van der Waals surface area contributed by atoms with Crippen molar-refractivity contribution in [3.63, 3.8) is 0 Å². The Morgan fingerprint density at radius 3 is 2.88 bits per heavy atom. The Hall–Kier alpha value is -1.37. The van der Waals surface area contributed by atoms with Crippen molar-refractivity contribution in [1.29, 1.82) is 0 Å². The zero-order chi connectivity index (χ0) is 18.2. The van der Waals surface area contributed by atoms with Gasteiger partial charge in [0.05, 0.1) is 11.6 Å². The van der Waals surface area contributed by atoms with Gasteiger partial charge in [-0.1, -0.05) is 54.8 Å². The molecule has 0 saturated heterocycles.